The minimum absolute atomic E-state index is 0.0823. The largest absolute Gasteiger partial charge is 0.497 e. The molecule has 0 radical (unpaired) electrons. The van der Waals surface area contributed by atoms with Gasteiger partial charge < -0.3 is 19.0 Å². The smallest absolute Gasteiger partial charge is 0.275 e. The molecule has 0 aliphatic carbocycles. The van der Waals surface area contributed by atoms with Crippen LogP contribution >= 0.6 is 0 Å². The number of methoxy groups -OCH3 is 1. The normalized spacial score (nSPS) is 11.0. The molecule has 0 atom stereocenters. The first-order chi connectivity index (χ1) is 13.7. The van der Waals surface area contributed by atoms with E-state index in [2.05, 4.69) is 10.3 Å². The molecule has 7 nitrogen and oxygen atoms in total. The molecular weight excluding hydrogens is 356 g/mol. The van der Waals surface area contributed by atoms with E-state index in [1.54, 1.807) is 54.4 Å². The lowest BCUT2D eigenvalue weighted by Crippen LogP contribution is -2.23. The van der Waals surface area contributed by atoms with E-state index in [1.165, 1.54) is 0 Å². The maximum atomic E-state index is 12.8. The Hall–Kier alpha value is -3.61. The number of pyridine rings is 1. The fraction of sp³-hybridized carbons (Fsp3) is 0.190. The number of benzene rings is 1. The summed E-state index contributed by atoms with van der Waals surface area (Å²) in [7, 11) is 1.60. The van der Waals surface area contributed by atoms with Crippen LogP contribution in [0.4, 0.5) is 5.69 Å². The Morgan fingerprint density at radius 1 is 1.11 bits per heavy atom. The van der Waals surface area contributed by atoms with Gasteiger partial charge >= 0.3 is 0 Å². The lowest BCUT2D eigenvalue weighted by molar-refractivity contribution is -0.116. The Bertz CT molecular complexity index is 1190. The molecule has 0 aliphatic heterocycles. The number of carbonyl (C=O) groups excluding carboxylic acids is 1. The Balaban J connectivity index is 1.48. The highest BCUT2D eigenvalue weighted by Crippen LogP contribution is 2.16. The summed E-state index contributed by atoms with van der Waals surface area (Å²) < 4.78 is 8.67. The maximum absolute atomic E-state index is 12.8. The summed E-state index contributed by atoms with van der Waals surface area (Å²) in [5.74, 6) is 0.642. The molecule has 142 valence electrons. The first-order valence-corrected chi connectivity index (χ1v) is 9.05. The van der Waals surface area contributed by atoms with Crippen LogP contribution in [0.25, 0.3) is 16.6 Å². The summed E-state index contributed by atoms with van der Waals surface area (Å²) in [4.78, 5) is 29.2. The Labute approximate surface area is 161 Å². The zero-order valence-corrected chi connectivity index (χ0v) is 15.5. The quantitative estimate of drug-likeness (QED) is 0.561. The van der Waals surface area contributed by atoms with Crippen LogP contribution in [-0.2, 0) is 11.3 Å². The van der Waals surface area contributed by atoms with Crippen LogP contribution < -0.4 is 15.6 Å². The standard InChI is InChI=1S/C21H20N4O3/c1-28-16-8-6-15(7-9-16)23-20(26)5-3-13-25-19-14-22-11-10-17(19)24-12-2-4-18(24)21(25)27/h2,4,6-12,14H,3,5,13H2,1H3,(H,23,26). The van der Waals surface area contributed by atoms with Crippen LogP contribution in [0.15, 0.2) is 65.8 Å². The molecule has 3 heterocycles. The number of aryl methyl sites for hydroxylation is 1. The third-order valence-electron chi connectivity index (χ3n) is 4.70. The molecule has 28 heavy (non-hydrogen) atoms. The Kier molecular flexibility index (Phi) is 4.80. The van der Waals surface area contributed by atoms with Gasteiger partial charge in [0.15, 0.2) is 0 Å². The van der Waals surface area contributed by atoms with Gasteiger partial charge in [-0.25, -0.2) is 0 Å². The van der Waals surface area contributed by atoms with Crippen LogP contribution in [-0.4, -0.2) is 27.0 Å². The lowest BCUT2D eigenvalue weighted by Gasteiger charge is -2.12. The van der Waals surface area contributed by atoms with Gasteiger partial charge in [-0.3, -0.25) is 14.6 Å². The van der Waals surface area contributed by atoms with Crippen LogP contribution in [0.1, 0.15) is 12.8 Å². The van der Waals surface area contributed by atoms with Crippen molar-refractivity contribution in [2.45, 2.75) is 19.4 Å². The molecule has 0 saturated carbocycles. The average Bonchev–Trinajstić information content (AvgIpc) is 3.21. The maximum Gasteiger partial charge on any atom is 0.275 e. The van der Waals surface area contributed by atoms with E-state index in [9.17, 15) is 9.59 Å². The molecule has 4 aromatic rings. The number of hydrogen-bond donors (Lipinski definition) is 1. The first kappa shape index (κ1) is 17.8. The summed E-state index contributed by atoms with van der Waals surface area (Å²) in [5.41, 5.74) is 2.92. The van der Waals surface area contributed by atoms with Gasteiger partial charge in [0.2, 0.25) is 5.91 Å². The highest BCUT2D eigenvalue weighted by atomic mass is 16.5. The number of amides is 1. The second-order valence-electron chi connectivity index (χ2n) is 6.46. The summed E-state index contributed by atoms with van der Waals surface area (Å²) in [6.07, 6.45) is 6.12. The Morgan fingerprint density at radius 2 is 1.93 bits per heavy atom. The molecule has 7 heteroatoms. The molecule has 1 aromatic carbocycles. The molecule has 0 fully saturated rings. The van der Waals surface area contributed by atoms with E-state index >= 15 is 0 Å². The van der Waals surface area contributed by atoms with Crippen LogP contribution in [0.5, 0.6) is 5.75 Å². The number of hydrogen-bond acceptors (Lipinski definition) is 4. The first-order valence-electron chi connectivity index (χ1n) is 9.05. The zero-order chi connectivity index (χ0) is 19.5. The van der Waals surface area contributed by atoms with Gasteiger partial charge in [-0.1, -0.05) is 0 Å². The number of nitrogens with one attached hydrogen (secondary N) is 1. The van der Waals surface area contributed by atoms with Crippen molar-refractivity contribution in [2.24, 2.45) is 0 Å². The number of aromatic nitrogens is 3. The highest BCUT2D eigenvalue weighted by Gasteiger charge is 2.11. The fourth-order valence-corrected chi connectivity index (χ4v) is 3.32. The van der Waals surface area contributed by atoms with E-state index in [0.717, 1.165) is 16.8 Å². The lowest BCUT2D eigenvalue weighted by atomic mass is 10.2. The molecule has 0 spiro atoms. The second-order valence-corrected chi connectivity index (χ2v) is 6.46. The van der Waals surface area contributed by atoms with E-state index in [0.29, 0.717) is 30.6 Å². The molecular formula is C21H20N4O3. The van der Waals surface area contributed by atoms with Crippen molar-refractivity contribution < 1.29 is 9.53 Å². The topological polar surface area (TPSA) is 77.6 Å². The summed E-state index contributed by atoms with van der Waals surface area (Å²) in [6, 6.07) is 12.7. The molecule has 1 N–H and O–H groups in total. The molecule has 0 unspecified atom stereocenters. The SMILES string of the molecule is COc1ccc(NC(=O)CCCn2c(=O)c3cccn3c3ccncc32)cc1. The van der Waals surface area contributed by atoms with Gasteiger partial charge in [-0.2, -0.15) is 0 Å². The average molecular weight is 376 g/mol. The van der Waals surface area contributed by atoms with E-state index in [4.69, 9.17) is 4.74 Å². The number of rotatable bonds is 6. The number of ether oxygens (including phenoxy) is 1. The number of carbonyl (C=O) groups is 1. The summed E-state index contributed by atoms with van der Waals surface area (Å²) >= 11 is 0. The van der Waals surface area contributed by atoms with E-state index < -0.39 is 0 Å². The molecule has 3 aromatic heterocycles. The second kappa shape index (κ2) is 7.56. The van der Waals surface area contributed by atoms with Crippen molar-refractivity contribution in [1.29, 1.82) is 0 Å². The van der Waals surface area contributed by atoms with Crippen molar-refractivity contribution >= 4 is 28.1 Å². The van der Waals surface area contributed by atoms with E-state index in [-0.39, 0.29) is 11.5 Å². The minimum Gasteiger partial charge on any atom is -0.497 e. The van der Waals surface area contributed by atoms with E-state index in [1.807, 2.05) is 22.7 Å². The van der Waals surface area contributed by atoms with Gasteiger partial charge in [0.25, 0.3) is 5.56 Å². The van der Waals surface area contributed by atoms with Crippen molar-refractivity contribution in [1.82, 2.24) is 14.0 Å². The molecule has 0 bridgehead atoms. The molecule has 1 amide bonds. The summed E-state index contributed by atoms with van der Waals surface area (Å²) in [6.45, 7) is 0.443. The predicted octanol–water partition coefficient (Wildman–Crippen LogP) is 3.08. The fourth-order valence-electron chi connectivity index (χ4n) is 3.32. The van der Waals surface area contributed by atoms with Crippen LogP contribution in [0, 0.1) is 0 Å². The monoisotopic (exact) mass is 376 g/mol. The van der Waals surface area contributed by atoms with Gasteiger partial charge in [0.05, 0.1) is 24.3 Å². The number of nitrogens with zero attached hydrogens (tertiary/aromatic N) is 3. The third kappa shape index (κ3) is 3.34. The zero-order valence-electron chi connectivity index (χ0n) is 15.5. The minimum atomic E-state index is -0.0931. The molecule has 4 rings (SSSR count). The van der Waals surface area contributed by atoms with Crippen molar-refractivity contribution in [3.05, 3.63) is 71.4 Å². The summed E-state index contributed by atoms with van der Waals surface area (Å²) in [5, 5.41) is 2.86. The highest BCUT2D eigenvalue weighted by molar-refractivity contribution is 5.90. The third-order valence-corrected chi connectivity index (χ3v) is 4.70. The van der Waals surface area contributed by atoms with Crippen molar-refractivity contribution in [2.75, 3.05) is 12.4 Å². The van der Waals surface area contributed by atoms with Gasteiger partial charge in [-0.15, -0.1) is 0 Å². The number of anilines is 1. The van der Waals surface area contributed by atoms with Crippen LogP contribution in [0.3, 0.4) is 0 Å². The van der Waals surface area contributed by atoms with Crippen molar-refractivity contribution in [3.8, 4) is 5.75 Å². The van der Waals surface area contributed by atoms with Crippen LogP contribution in [0.2, 0.25) is 0 Å². The van der Waals surface area contributed by atoms with Gasteiger partial charge in [-0.05, 0) is 48.9 Å². The molecule has 0 aliphatic rings. The van der Waals surface area contributed by atoms with Gasteiger partial charge in [0.1, 0.15) is 11.3 Å². The van der Waals surface area contributed by atoms with Gasteiger partial charge in [0, 0.05) is 31.0 Å². The van der Waals surface area contributed by atoms with Crippen molar-refractivity contribution in [3.63, 3.8) is 0 Å². The Morgan fingerprint density at radius 3 is 2.71 bits per heavy atom. The number of fused-ring (bicyclic) bond motifs is 3. The predicted molar refractivity (Wildman–Crippen MR) is 108 cm³/mol. The molecule has 0 saturated heterocycles.